The van der Waals surface area contributed by atoms with Gasteiger partial charge in [-0.15, -0.1) is 0 Å². The van der Waals surface area contributed by atoms with Gasteiger partial charge in [-0.1, -0.05) is 60.7 Å². The highest BCUT2D eigenvalue weighted by molar-refractivity contribution is 6.08. The maximum absolute atomic E-state index is 13.3. The highest BCUT2D eigenvalue weighted by atomic mass is 16.5. The molecular weight excluding hydrogens is 362 g/mol. The van der Waals surface area contributed by atoms with E-state index in [4.69, 9.17) is 4.74 Å². The van der Waals surface area contributed by atoms with Gasteiger partial charge in [-0.2, -0.15) is 0 Å². The summed E-state index contributed by atoms with van der Waals surface area (Å²) in [5.74, 6) is -0.382. The fourth-order valence-corrected chi connectivity index (χ4v) is 3.98. The Morgan fingerprint density at radius 2 is 1.66 bits per heavy atom. The third-order valence-electron chi connectivity index (χ3n) is 5.59. The zero-order chi connectivity index (χ0) is 20.6. The lowest BCUT2D eigenvalue weighted by Gasteiger charge is -2.22. The smallest absolute Gasteiger partial charge is 0.337 e. The molecule has 0 aromatic heterocycles. The van der Waals surface area contributed by atoms with Gasteiger partial charge in [0.1, 0.15) is 0 Å². The van der Waals surface area contributed by atoms with Crippen molar-refractivity contribution >= 4 is 17.6 Å². The van der Waals surface area contributed by atoms with Crippen LogP contribution in [-0.2, 0) is 21.5 Å². The van der Waals surface area contributed by atoms with Gasteiger partial charge < -0.3 is 9.64 Å². The molecule has 0 bridgehead atoms. The fourth-order valence-electron chi connectivity index (χ4n) is 3.98. The van der Waals surface area contributed by atoms with Crippen molar-refractivity contribution in [3.05, 3.63) is 89.5 Å². The van der Waals surface area contributed by atoms with Crippen LogP contribution in [-0.4, -0.2) is 19.0 Å². The number of benzene rings is 3. The molecule has 0 atom stereocenters. The summed E-state index contributed by atoms with van der Waals surface area (Å²) in [7, 11) is 1.36. The van der Waals surface area contributed by atoms with Crippen LogP contribution in [0.5, 0.6) is 0 Å². The summed E-state index contributed by atoms with van der Waals surface area (Å²) in [6.07, 6.45) is 0. The van der Waals surface area contributed by atoms with Gasteiger partial charge in [0, 0.05) is 5.69 Å². The van der Waals surface area contributed by atoms with Crippen molar-refractivity contribution in [1.82, 2.24) is 0 Å². The van der Waals surface area contributed by atoms with Crippen LogP contribution in [0.4, 0.5) is 5.69 Å². The topological polar surface area (TPSA) is 46.6 Å². The third-order valence-corrected chi connectivity index (χ3v) is 5.59. The number of methoxy groups -OCH3 is 1. The van der Waals surface area contributed by atoms with E-state index in [9.17, 15) is 9.59 Å². The number of fused-ring (bicyclic) bond motifs is 1. The van der Waals surface area contributed by atoms with Crippen molar-refractivity contribution in [2.24, 2.45) is 0 Å². The van der Waals surface area contributed by atoms with Gasteiger partial charge in [0.25, 0.3) is 0 Å². The highest BCUT2D eigenvalue weighted by Crippen LogP contribution is 2.43. The number of hydrogen-bond acceptors (Lipinski definition) is 3. The molecule has 1 amide bonds. The number of hydrogen-bond donors (Lipinski definition) is 0. The molecule has 0 fully saturated rings. The van der Waals surface area contributed by atoms with Crippen LogP contribution in [0.1, 0.15) is 35.3 Å². The first-order valence-electron chi connectivity index (χ1n) is 9.61. The van der Waals surface area contributed by atoms with Crippen molar-refractivity contribution in [2.45, 2.75) is 25.8 Å². The average molecular weight is 385 g/mol. The van der Waals surface area contributed by atoms with Crippen LogP contribution in [0.3, 0.4) is 0 Å². The van der Waals surface area contributed by atoms with Gasteiger partial charge in [-0.3, -0.25) is 4.79 Å². The minimum absolute atomic E-state index is 0.0254. The van der Waals surface area contributed by atoms with E-state index in [0.29, 0.717) is 12.1 Å². The predicted octanol–water partition coefficient (Wildman–Crippen LogP) is 4.96. The molecule has 4 nitrogen and oxygen atoms in total. The summed E-state index contributed by atoms with van der Waals surface area (Å²) in [5, 5.41) is 0. The zero-order valence-corrected chi connectivity index (χ0v) is 16.8. The van der Waals surface area contributed by atoms with E-state index in [-0.39, 0.29) is 5.91 Å². The van der Waals surface area contributed by atoms with Crippen molar-refractivity contribution in [3.63, 3.8) is 0 Å². The summed E-state index contributed by atoms with van der Waals surface area (Å²) >= 11 is 0. The Bertz CT molecular complexity index is 1090. The number of rotatable bonds is 4. The van der Waals surface area contributed by atoms with Gasteiger partial charge in [0.15, 0.2) is 0 Å². The van der Waals surface area contributed by atoms with E-state index in [1.54, 1.807) is 17.0 Å². The number of amides is 1. The molecule has 0 saturated heterocycles. The molecule has 0 spiro atoms. The molecule has 1 aliphatic heterocycles. The molecule has 3 aromatic rings. The minimum atomic E-state index is -0.647. The molecule has 146 valence electrons. The normalized spacial score (nSPS) is 14.6. The van der Waals surface area contributed by atoms with E-state index in [1.807, 2.05) is 56.3 Å². The first-order valence-corrected chi connectivity index (χ1v) is 9.61. The monoisotopic (exact) mass is 385 g/mol. The summed E-state index contributed by atoms with van der Waals surface area (Å²) in [4.78, 5) is 27.1. The van der Waals surface area contributed by atoms with Crippen LogP contribution in [0.25, 0.3) is 11.1 Å². The molecule has 1 heterocycles. The highest BCUT2D eigenvalue weighted by Gasteiger charge is 2.44. The standard InChI is InChI=1S/C25H23NO3/c1-25(2)21-14-13-18(23(27)29-3)15-22(21)26(24(25)28)16-19-11-7-8-12-20(19)17-9-5-4-6-10-17/h4-15H,16H2,1-3H3. The predicted molar refractivity (Wildman–Crippen MR) is 114 cm³/mol. The largest absolute Gasteiger partial charge is 0.465 e. The second-order valence-corrected chi connectivity index (χ2v) is 7.76. The molecule has 0 aliphatic carbocycles. The SMILES string of the molecule is COC(=O)c1ccc2c(c1)N(Cc1ccccc1-c1ccccc1)C(=O)C2(C)C. The quantitative estimate of drug-likeness (QED) is 0.596. The van der Waals surface area contributed by atoms with Gasteiger partial charge in [-0.05, 0) is 48.2 Å². The summed E-state index contributed by atoms with van der Waals surface area (Å²) in [6, 6.07) is 23.6. The zero-order valence-electron chi connectivity index (χ0n) is 16.8. The molecular formula is C25H23NO3. The molecule has 3 aromatic carbocycles. The third kappa shape index (κ3) is 3.21. The van der Waals surface area contributed by atoms with Gasteiger partial charge in [0.2, 0.25) is 5.91 Å². The molecule has 4 rings (SSSR count). The number of nitrogens with zero attached hydrogens (tertiary/aromatic N) is 1. The summed E-state index contributed by atoms with van der Waals surface area (Å²) in [6.45, 7) is 4.29. The number of anilines is 1. The van der Waals surface area contributed by atoms with Crippen molar-refractivity contribution in [1.29, 1.82) is 0 Å². The van der Waals surface area contributed by atoms with Gasteiger partial charge in [0.05, 0.1) is 24.6 Å². The lowest BCUT2D eigenvalue weighted by atomic mass is 9.86. The molecule has 0 unspecified atom stereocenters. The summed E-state index contributed by atoms with van der Waals surface area (Å²) < 4.78 is 4.86. The molecule has 0 N–H and O–H groups in total. The van der Waals surface area contributed by atoms with E-state index in [0.717, 1.165) is 27.9 Å². The Morgan fingerprint density at radius 1 is 0.966 bits per heavy atom. The van der Waals surface area contributed by atoms with Crippen molar-refractivity contribution in [3.8, 4) is 11.1 Å². The lowest BCUT2D eigenvalue weighted by molar-refractivity contribution is -0.122. The van der Waals surface area contributed by atoms with Crippen LogP contribution in [0.15, 0.2) is 72.8 Å². The second kappa shape index (κ2) is 7.21. The Hall–Kier alpha value is -3.40. The van der Waals surface area contributed by atoms with Gasteiger partial charge in [-0.25, -0.2) is 4.79 Å². The first kappa shape index (κ1) is 18.9. The van der Waals surface area contributed by atoms with E-state index in [2.05, 4.69) is 18.2 Å². The van der Waals surface area contributed by atoms with E-state index >= 15 is 0 Å². The number of ether oxygens (including phenoxy) is 1. The average Bonchev–Trinajstić information content (AvgIpc) is 2.94. The maximum atomic E-state index is 13.3. The van der Waals surface area contributed by atoms with Crippen LogP contribution >= 0.6 is 0 Å². The second-order valence-electron chi connectivity index (χ2n) is 7.76. The molecule has 4 heteroatoms. The fraction of sp³-hybridized carbons (Fsp3) is 0.200. The molecule has 29 heavy (non-hydrogen) atoms. The minimum Gasteiger partial charge on any atom is -0.465 e. The van der Waals surface area contributed by atoms with Crippen LogP contribution in [0, 0.1) is 0 Å². The Labute approximate surface area is 170 Å². The molecule has 1 aliphatic rings. The van der Waals surface area contributed by atoms with E-state index < -0.39 is 11.4 Å². The number of carbonyl (C=O) groups excluding carboxylic acids is 2. The number of esters is 1. The van der Waals surface area contributed by atoms with Crippen molar-refractivity contribution in [2.75, 3.05) is 12.0 Å². The molecule has 0 saturated carbocycles. The van der Waals surface area contributed by atoms with Crippen molar-refractivity contribution < 1.29 is 14.3 Å². The van der Waals surface area contributed by atoms with Gasteiger partial charge >= 0.3 is 5.97 Å². The maximum Gasteiger partial charge on any atom is 0.337 e. The first-order chi connectivity index (χ1) is 13.9. The van der Waals surface area contributed by atoms with E-state index in [1.165, 1.54) is 7.11 Å². The lowest BCUT2D eigenvalue weighted by Crippen LogP contribution is -2.35. The molecule has 0 radical (unpaired) electrons. The Morgan fingerprint density at radius 3 is 2.38 bits per heavy atom. The number of carbonyl (C=O) groups is 2. The Balaban J connectivity index is 1.78. The van der Waals surface area contributed by atoms with Crippen LogP contribution < -0.4 is 4.90 Å². The Kier molecular flexibility index (Phi) is 4.71. The summed E-state index contributed by atoms with van der Waals surface area (Å²) in [5.41, 5.74) is 4.75. The van der Waals surface area contributed by atoms with Crippen LogP contribution in [0.2, 0.25) is 0 Å².